The van der Waals surface area contributed by atoms with Gasteiger partial charge in [-0.25, -0.2) is 0 Å². The average molecular weight is 183 g/mol. The lowest BCUT2D eigenvalue weighted by molar-refractivity contribution is -0.120. The first kappa shape index (κ1) is 10.3. The number of carbonyl (C=O) groups is 1. The maximum atomic E-state index is 11.2. The molecule has 0 atom stereocenters. The Morgan fingerprint density at radius 2 is 2.38 bits per heavy atom. The molecule has 0 aliphatic heterocycles. The standard InChI is InChI=1S/C10H17NO2/c12-7-6-11-10(13)8-9-4-2-1-3-5-9/h4,12H,1-3,5-8H2,(H,11,13). The van der Waals surface area contributed by atoms with Crippen LogP contribution in [-0.4, -0.2) is 24.2 Å². The van der Waals surface area contributed by atoms with Gasteiger partial charge in [-0.15, -0.1) is 0 Å². The largest absolute Gasteiger partial charge is 0.395 e. The molecule has 3 nitrogen and oxygen atoms in total. The molecule has 1 rings (SSSR count). The van der Waals surface area contributed by atoms with Gasteiger partial charge >= 0.3 is 0 Å². The number of aliphatic hydroxyl groups is 1. The number of amides is 1. The predicted octanol–water partition coefficient (Wildman–Crippen LogP) is 0.985. The highest BCUT2D eigenvalue weighted by Gasteiger charge is 2.07. The summed E-state index contributed by atoms with van der Waals surface area (Å²) in [6.45, 7) is 0.386. The van der Waals surface area contributed by atoms with Gasteiger partial charge in [0.05, 0.1) is 6.61 Å². The first-order valence-corrected chi connectivity index (χ1v) is 4.88. The van der Waals surface area contributed by atoms with Crippen molar-refractivity contribution in [2.75, 3.05) is 13.2 Å². The molecule has 0 aromatic carbocycles. The van der Waals surface area contributed by atoms with Gasteiger partial charge in [0.25, 0.3) is 0 Å². The fraction of sp³-hybridized carbons (Fsp3) is 0.700. The van der Waals surface area contributed by atoms with Crippen LogP contribution < -0.4 is 5.32 Å². The van der Waals surface area contributed by atoms with Crippen molar-refractivity contribution in [2.24, 2.45) is 0 Å². The van der Waals surface area contributed by atoms with Crippen molar-refractivity contribution in [3.8, 4) is 0 Å². The SMILES string of the molecule is O=C(CC1=CCCCC1)NCCO. The molecule has 0 heterocycles. The third kappa shape index (κ3) is 4.08. The molecule has 0 aromatic heterocycles. The molecule has 2 N–H and O–H groups in total. The second-order valence-electron chi connectivity index (χ2n) is 3.36. The molecular weight excluding hydrogens is 166 g/mol. The van der Waals surface area contributed by atoms with Gasteiger partial charge in [0.15, 0.2) is 0 Å². The molecule has 0 aromatic rings. The quantitative estimate of drug-likeness (QED) is 0.638. The third-order valence-electron chi connectivity index (χ3n) is 2.21. The molecule has 1 aliphatic rings. The molecular formula is C10H17NO2. The summed E-state index contributed by atoms with van der Waals surface area (Å²) in [7, 11) is 0. The summed E-state index contributed by atoms with van der Waals surface area (Å²) in [6.07, 6.45) is 7.32. The highest BCUT2D eigenvalue weighted by Crippen LogP contribution is 2.19. The lowest BCUT2D eigenvalue weighted by Gasteiger charge is -2.11. The van der Waals surface area contributed by atoms with Crippen LogP contribution in [0.25, 0.3) is 0 Å². The number of allylic oxidation sites excluding steroid dienone is 1. The van der Waals surface area contributed by atoms with E-state index in [1.807, 2.05) is 0 Å². The molecule has 0 saturated carbocycles. The normalized spacial score (nSPS) is 16.5. The minimum Gasteiger partial charge on any atom is -0.395 e. The number of hydrogen-bond acceptors (Lipinski definition) is 2. The van der Waals surface area contributed by atoms with Crippen LogP contribution in [0.4, 0.5) is 0 Å². The Balaban J connectivity index is 2.22. The topological polar surface area (TPSA) is 49.3 Å². The van der Waals surface area contributed by atoms with Crippen LogP contribution in [0.5, 0.6) is 0 Å². The van der Waals surface area contributed by atoms with E-state index >= 15 is 0 Å². The summed E-state index contributed by atoms with van der Waals surface area (Å²) in [4.78, 5) is 11.2. The molecule has 13 heavy (non-hydrogen) atoms. The Labute approximate surface area is 78.8 Å². The van der Waals surface area contributed by atoms with Crippen LogP contribution in [0, 0.1) is 0 Å². The first-order valence-electron chi connectivity index (χ1n) is 4.88. The third-order valence-corrected chi connectivity index (χ3v) is 2.21. The van der Waals surface area contributed by atoms with Crippen molar-refractivity contribution >= 4 is 5.91 Å². The molecule has 1 amide bonds. The van der Waals surface area contributed by atoms with Gasteiger partial charge in [0.2, 0.25) is 5.91 Å². The van der Waals surface area contributed by atoms with Gasteiger partial charge in [-0.05, 0) is 25.7 Å². The molecule has 0 saturated heterocycles. The summed E-state index contributed by atoms with van der Waals surface area (Å²) < 4.78 is 0. The van der Waals surface area contributed by atoms with Gasteiger partial charge in [-0.3, -0.25) is 4.79 Å². The summed E-state index contributed by atoms with van der Waals surface area (Å²) in [5, 5.41) is 11.1. The minimum absolute atomic E-state index is 0.0186. The number of hydrogen-bond donors (Lipinski definition) is 2. The van der Waals surface area contributed by atoms with Gasteiger partial charge in [-0.1, -0.05) is 11.6 Å². The zero-order chi connectivity index (χ0) is 9.52. The van der Waals surface area contributed by atoms with Crippen molar-refractivity contribution in [2.45, 2.75) is 32.1 Å². The Bertz CT molecular complexity index is 199. The highest BCUT2D eigenvalue weighted by molar-refractivity contribution is 5.78. The van der Waals surface area contributed by atoms with Crippen molar-refractivity contribution in [1.29, 1.82) is 0 Å². The van der Waals surface area contributed by atoms with Gasteiger partial charge in [-0.2, -0.15) is 0 Å². The average Bonchev–Trinajstić information content (AvgIpc) is 2.16. The number of nitrogens with one attached hydrogen (secondary N) is 1. The van der Waals surface area contributed by atoms with E-state index in [1.165, 1.54) is 18.4 Å². The number of carbonyl (C=O) groups excluding carboxylic acids is 1. The molecule has 0 unspecified atom stereocenters. The summed E-state index contributed by atoms with van der Waals surface area (Å²) in [6, 6.07) is 0. The summed E-state index contributed by atoms with van der Waals surface area (Å²) in [5.74, 6) is 0.0298. The molecule has 1 aliphatic carbocycles. The van der Waals surface area contributed by atoms with Crippen LogP contribution in [0.1, 0.15) is 32.1 Å². The van der Waals surface area contributed by atoms with E-state index in [4.69, 9.17) is 5.11 Å². The second kappa shape index (κ2) is 5.75. The Kier molecular flexibility index (Phi) is 4.54. The maximum absolute atomic E-state index is 11.2. The highest BCUT2D eigenvalue weighted by atomic mass is 16.3. The van der Waals surface area contributed by atoms with Gasteiger partial charge < -0.3 is 10.4 Å². The smallest absolute Gasteiger partial charge is 0.224 e. The van der Waals surface area contributed by atoms with Crippen LogP contribution in [0.3, 0.4) is 0 Å². The predicted molar refractivity (Wildman–Crippen MR) is 51.3 cm³/mol. The second-order valence-corrected chi connectivity index (χ2v) is 3.36. The van der Waals surface area contributed by atoms with Crippen LogP contribution in [-0.2, 0) is 4.79 Å². The van der Waals surface area contributed by atoms with Crippen molar-refractivity contribution in [1.82, 2.24) is 5.32 Å². The van der Waals surface area contributed by atoms with E-state index in [-0.39, 0.29) is 12.5 Å². The van der Waals surface area contributed by atoms with E-state index in [2.05, 4.69) is 11.4 Å². The molecule has 0 fully saturated rings. The van der Waals surface area contributed by atoms with Crippen molar-refractivity contribution in [3.05, 3.63) is 11.6 Å². The monoisotopic (exact) mass is 183 g/mol. The summed E-state index contributed by atoms with van der Waals surface area (Å²) >= 11 is 0. The van der Waals surface area contributed by atoms with E-state index in [0.29, 0.717) is 13.0 Å². The fourth-order valence-corrected chi connectivity index (χ4v) is 1.53. The Hall–Kier alpha value is -0.830. The van der Waals surface area contributed by atoms with Crippen LogP contribution >= 0.6 is 0 Å². The molecule has 0 radical (unpaired) electrons. The molecule has 74 valence electrons. The zero-order valence-corrected chi connectivity index (χ0v) is 7.88. The van der Waals surface area contributed by atoms with Crippen molar-refractivity contribution < 1.29 is 9.90 Å². The summed E-state index contributed by atoms with van der Waals surface area (Å²) in [5.41, 5.74) is 1.25. The molecule has 0 spiro atoms. The van der Waals surface area contributed by atoms with E-state index < -0.39 is 0 Å². The molecule has 3 heteroatoms. The van der Waals surface area contributed by atoms with E-state index in [1.54, 1.807) is 0 Å². The van der Waals surface area contributed by atoms with Gasteiger partial charge in [0.1, 0.15) is 0 Å². The van der Waals surface area contributed by atoms with E-state index in [9.17, 15) is 4.79 Å². The minimum atomic E-state index is 0.0186. The lowest BCUT2D eigenvalue weighted by atomic mass is 9.97. The zero-order valence-electron chi connectivity index (χ0n) is 7.88. The van der Waals surface area contributed by atoms with Gasteiger partial charge in [0, 0.05) is 13.0 Å². The lowest BCUT2D eigenvalue weighted by Crippen LogP contribution is -2.26. The fourth-order valence-electron chi connectivity index (χ4n) is 1.53. The number of rotatable bonds is 4. The van der Waals surface area contributed by atoms with Crippen LogP contribution in [0.15, 0.2) is 11.6 Å². The van der Waals surface area contributed by atoms with E-state index in [0.717, 1.165) is 12.8 Å². The Morgan fingerprint density at radius 1 is 1.54 bits per heavy atom. The molecule has 0 bridgehead atoms. The van der Waals surface area contributed by atoms with Crippen molar-refractivity contribution in [3.63, 3.8) is 0 Å². The number of aliphatic hydroxyl groups excluding tert-OH is 1. The first-order chi connectivity index (χ1) is 6.33. The maximum Gasteiger partial charge on any atom is 0.224 e. The Morgan fingerprint density at radius 3 is 3.00 bits per heavy atom. The van der Waals surface area contributed by atoms with Crippen LogP contribution in [0.2, 0.25) is 0 Å².